The van der Waals surface area contributed by atoms with Gasteiger partial charge in [0.05, 0.1) is 5.52 Å². The molecule has 1 aromatic heterocycles. The van der Waals surface area contributed by atoms with Crippen molar-refractivity contribution < 1.29 is 0 Å². The minimum Gasteiger partial charge on any atom is -0.381 e. The van der Waals surface area contributed by atoms with E-state index >= 15 is 0 Å². The van der Waals surface area contributed by atoms with Crippen molar-refractivity contribution in [3.05, 3.63) is 88.7 Å². The maximum absolute atomic E-state index is 6.23. The van der Waals surface area contributed by atoms with Crippen molar-refractivity contribution in [2.45, 2.75) is 6.54 Å². The van der Waals surface area contributed by atoms with Gasteiger partial charge in [0.2, 0.25) is 0 Å². The predicted octanol–water partition coefficient (Wildman–Crippen LogP) is 6.29. The van der Waals surface area contributed by atoms with E-state index in [-0.39, 0.29) is 0 Å². The molecule has 3 aromatic carbocycles. The molecule has 0 aliphatic heterocycles. The number of halogens is 2. The van der Waals surface area contributed by atoms with Crippen molar-refractivity contribution >= 4 is 51.3 Å². The highest BCUT2D eigenvalue weighted by Crippen LogP contribution is 2.27. The van der Waals surface area contributed by atoms with Crippen LogP contribution in [0, 0.1) is 0 Å². The van der Waals surface area contributed by atoms with Crippen LogP contribution in [0.25, 0.3) is 10.9 Å². The predicted molar refractivity (Wildman–Crippen MR) is 113 cm³/mol. The second-order valence-electron chi connectivity index (χ2n) is 6.03. The smallest absolute Gasteiger partial charge is 0.141 e. The maximum Gasteiger partial charge on any atom is 0.141 e. The van der Waals surface area contributed by atoms with Crippen molar-refractivity contribution in [2.24, 2.45) is 0 Å². The van der Waals surface area contributed by atoms with Gasteiger partial charge in [-0.15, -0.1) is 0 Å². The summed E-state index contributed by atoms with van der Waals surface area (Å²) in [7, 11) is 0. The highest BCUT2D eigenvalue weighted by Gasteiger charge is 2.07. The van der Waals surface area contributed by atoms with Gasteiger partial charge in [-0.05, 0) is 48.0 Å². The third-order valence-corrected chi connectivity index (χ3v) is 4.77. The second kappa shape index (κ2) is 7.82. The van der Waals surface area contributed by atoms with Gasteiger partial charge in [-0.25, -0.2) is 9.97 Å². The number of nitrogens with zero attached hydrogens (tertiary/aromatic N) is 2. The fourth-order valence-electron chi connectivity index (χ4n) is 2.81. The largest absolute Gasteiger partial charge is 0.381 e. The summed E-state index contributed by atoms with van der Waals surface area (Å²) >= 11 is 12.3. The topological polar surface area (TPSA) is 49.8 Å². The van der Waals surface area contributed by atoms with Crippen molar-refractivity contribution in [3.63, 3.8) is 0 Å². The van der Waals surface area contributed by atoms with Gasteiger partial charge in [-0.1, -0.05) is 47.5 Å². The minimum atomic E-state index is 0.635. The molecule has 4 nitrogen and oxygen atoms in total. The van der Waals surface area contributed by atoms with Crippen LogP contribution in [0.2, 0.25) is 10.0 Å². The van der Waals surface area contributed by atoms with E-state index in [0.29, 0.717) is 11.6 Å². The summed E-state index contributed by atoms with van der Waals surface area (Å²) in [6.45, 7) is 0.635. The maximum atomic E-state index is 6.23. The number of fused-ring (bicyclic) bond motifs is 1. The Bertz CT molecular complexity index is 1100. The van der Waals surface area contributed by atoms with E-state index in [2.05, 4.69) is 20.6 Å². The third kappa shape index (κ3) is 4.13. The van der Waals surface area contributed by atoms with Gasteiger partial charge in [0.1, 0.15) is 12.1 Å². The highest BCUT2D eigenvalue weighted by atomic mass is 35.5. The van der Waals surface area contributed by atoms with Gasteiger partial charge in [-0.2, -0.15) is 0 Å². The van der Waals surface area contributed by atoms with Gasteiger partial charge in [-0.3, -0.25) is 0 Å². The quantitative estimate of drug-likeness (QED) is 0.417. The van der Waals surface area contributed by atoms with Gasteiger partial charge >= 0.3 is 0 Å². The molecule has 0 saturated heterocycles. The molecular weight excluding hydrogens is 379 g/mol. The lowest BCUT2D eigenvalue weighted by molar-refractivity contribution is 1.15. The Labute approximate surface area is 167 Å². The standard InChI is InChI=1S/C21H16Cl2N4/c22-15-5-3-6-17(10-15)27-21-18-11-16(8-9-20(18)25-13-26-21)24-12-14-4-1-2-7-19(14)23/h1-11,13,24H,12H2,(H,25,26,27). The van der Waals surface area contributed by atoms with Gasteiger partial charge in [0.25, 0.3) is 0 Å². The summed E-state index contributed by atoms with van der Waals surface area (Å²) < 4.78 is 0. The van der Waals surface area contributed by atoms with Crippen LogP contribution in [0.1, 0.15) is 5.56 Å². The molecule has 4 aromatic rings. The second-order valence-corrected chi connectivity index (χ2v) is 6.88. The average molecular weight is 395 g/mol. The Morgan fingerprint density at radius 3 is 2.56 bits per heavy atom. The molecule has 6 heteroatoms. The van der Waals surface area contributed by atoms with E-state index in [1.165, 1.54) is 0 Å². The molecule has 0 fully saturated rings. The van der Waals surface area contributed by atoms with Crippen LogP contribution < -0.4 is 10.6 Å². The van der Waals surface area contributed by atoms with Crippen LogP contribution in [0.3, 0.4) is 0 Å². The summed E-state index contributed by atoms with van der Waals surface area (Å²) in [4.78, 5) is 8.74. The highest BCUT2D eigenvalue weighted by molar-refractivity contribution is 6.31. The molecule has 134 valence electrons. The number of anilines is 3. The molecule has 0 amide bonds. The monoisotopic (exact) mass is 394 g/mol. The zero-order valence-corrected chi connectivity index (χ0v) is 15.8. The molecule has 0 radical (unpaired) electrons. The molecule has 0 atom stereocenters. The van der Waals surface area contributed by atoms with E-state index in [9.17, 15) is 0 Å². The van der Waals surface area contributed by atoms with Crippen molar-refractivity contribution in [2.75, 3.05) is 10.6 Å². The Kier molecular flexibility index (Phi) is 5.10. The van der Waals surface area contributed by atoms with E-state index in [4.69, 9.17) is 23.2 Å². The molecule has 0 spiro atoms. The fourth-order valence-corrected chi connectivity index (χ4v) is 3.20. The fraction of sp³-hybridized carbons (Fsp3) is 0.0476. The van der Waals surface area contributed by atoms with E-state index in [1.807, 2.05) is 66.7 Å². The number of hydrogen-bond donors (Lipinski definition) is 2. The average Bonchev–Trinajstić information content (AvgIpc) is 2.68. The molecule has 0 bridgehead atoms. The van der Waals surface area contributed by atoms with Crippen LogP contribution in [-0.2, 0) is 6.54 Å². The summed E-state index contributed by atoms with van der Waals surface area (Å²) in [6, 6.07) is 21.3. The van der Waals surface area contributed by atoms with Crippen LogP contribution in [-0.4, -0.2) is 9.97 Å². The number of aromatic nitrogens is 2. The van der Waals surface area contributed by atoms with Crippen LogP contribution in [0.5, 0.6) is 0 Å². The molecule has 0 unspecified atom stereocenters. The summed E-state index contributed by atoms with van der Waals surface area (Å²) in [5.74, 6) is 0.726. The molecular formula is C21H16Cl2N4. The number of hydrogen-bond acceptors (Lipinski definition) is 4. The molecule has 27 heavy (non-hydrogen) atoms. The van der Waals surface area contributed by atoms with Crippen LogP contribution >= 0.6 is 23.2 Å². The van der Waals surface area contributed by atoms with Crippen molar-refractivity contribution in [1.29, 1.82) is 0 Å². The van der Waals surface area contributed by atoms with E-state index in [1.54, 1.807) is 6.33 Å². The van der Waals surface area contributed by atoms with E-state index < -0.39 is 0 Å². The third-order valence-electron chi connectivity index (χ3n) is 4.16. The van der Waals surface area contributed by atoms with Gasteiger partial charge in [0.15, 0.2) is 0 Å². The zero-order valence-electron chi connectivity index (χ0n) is 14.3. The summed E-state index contributed by atoms with van der Waals surface area (Å²) in [6.07, 6.45) is 1.55. The summed E-state index contributed by atoms with van der Waals surface area (Å²) in [5, 5.41) is 9.05. The van der Waals surface area contributed by atoms with E-state index in [0.717, 1.165) is 38.7 Å². The molecule has 0 aliphatic carbocycles. The van der Waals surface area contributed by atoms with Gasteiger partial charge in [0, 0.05) is 33.4 Å². The van der Waals surface area contributed by atoms with Crippen LogP contribution in [0.4, 0.5) is 17.2 Å². The van der Waals surface area contributed by atoms with Crippen LogP contribution in [0.15, 0.2) is 73.1 Å². The Morgan fingerprint density at radius 2 is 1.70 bits per heavy atom. The SMILES string of the molecule is Clc1cccc(Nc2ncnc3ccc(NCc4ccccc4Cl)cc23)c1. The van der Waals surface area contributed by atoms with Gasteiger partial charge < -0.3 is 10.6 Å². The number of nitrogens with one attached hydrogen (secondary N) is 2. The first-order valence-corrected chi connectivity index (χ1v) is 9.19. The lowest BCUT2D eigenvalue weighted by Gasteiger charge is -2.12. The number of benzene rings is 3. The lowest BCUT2D eigenvalue weighted by Crippen LogP contribution is -2.01. The first-order valence-electron chi connectivity index (χ1n) is 8.44. The first-order chi connectivity index (χ1) is 13.2. The lowest BCUT2D eigenvalue weighted by atomic mass is 10.2. The zero-order chi connectivity index (χ0) is 18.6. The summed E-state index contributed by atoms with van der Waals surface area (Å²) in [5.41, 5.74) is 3.74. The molecule has 0 saturated carbocycles. The molecule has 1 heterocycles. The Morgan fingerprint density at radius 1 is 0.815 bits per heavy atom. The molecule has 2 N–H and O–H groups in total. The molecule has 0 aliphatic rings. The first kappa shape index (κ1) is 17.6. The van der Waals surface area contributed by atoms with Crippen molar-refractivity contribution in [1.82, 2.24) is 9.97 Å². The Hall–Kier alpha value is -2.82. The minimum absolute atomic E-state index is 0.635. The normalized spacial score (nSPS) is 10.7. The molecule has 4 rings (SSSR count). The Balaban J connectivity index is 1.62. The van der Waals surface area contributed by atoms with Crippen molar-refractivity contribution in [3.8, 4) is 0 Å². The number of rotatable bonds is 5.